The van der Waals surface area contributed by atoms with Crippen LogP contribution in [0, 0.1) is 0 Å². The van der Waals surface area contributed by atoms with E-state index in [0.717, 1.165) is 5.56 Å². The van der Waals surface area contributed by atoms with Crippen molar-refractivity contribution in [3.63, 3.8) is 0 Å². The van der Waals surface area contributed by atoms with Crippen LogP contribution in [0.3, 0.4) is 0 Å². The van der Waals surface area contributed by atoms with E-state index in [2.05, 4.69) is 0 Å². The first-order valence-corrected chi connectivity index (χ1v) is 9.94. The number of fused-ring (bicyclic) bond motifs is 1. The molecule has 3 aromatic carbocycles. The minimum Gasteiger partial charge on any atom is -0.493 e. The van der Waals surface area contributed by atoms with Gasteiger partial charge in [-0.2, -0.15) is 0 Å². The topological polar surface area (TPSA) is 82.1 Å². The molecule has 0 aliphatic carbocycles. The zero-order valence-electron chi connectivity index (χ0n) is 17.7. The molecule has 0 saturated carbocycles. The number of para-hydroxylation sites is 1. The minimum atomic E-state index is -0.612. The Morgan fingerprint density at radius 2 is 1.59 bits per heavy atom. The van der Waals surface area contributed by atoms with Crippen LogP contribution in [0.5, 0.6) is 11.5 Å². The van der Waals surface area contributed by atoms with Crippen molar-refractivity contribution in [2.75, 3.05) is 14.2 Å². The summed E-state index contributed by atoms with van der Waals surface area (Å²) in [6.07, 6.45) is 0. The molecule has 1 aliphatic rings. The Morgan fingerprint density at radius 3 is 2.31 bits per heavy atom. The number of carbonyl (C=O) groups is 3. The lowest BCUT2D eigenvalue weighted by atomic mass is 10.1. The standard InChI is InChI=1S/C25H21NO6/c1-30-21-10-6-9-18(22(21)31-2)15-32-25(29)17-11-12-19-20(13-17)24(28)26(23(19)27)14-16-7-4-3-5-8-16/h3-13H,14-15H2,1-2H3. The van der Waals surface area contributed by atoms with E-state index in [-0.39, 0.29) is 35.7 Å². The zero-order valence-corrected chi connectivity index (χ0v) is 17.7. The number of imide groups is 1. The van der Waals surface area contributed by atoms with Crippen molar-refractivity contribution >= 4 is 17.8 Å². The zero-order chi connectivity index (χ0) is 22.7. The Balaban J connectivity index is 1.50. The van der Waals surface area contributed by atoms with E-state index in [4.69, 9.17) is 14.2 Å². The molecule has 0 radical (unpaired) electrons. The van der Waals surface area contributed by atoms with E-state index < -0.39 is 11.9 Å². The van der Waals surface area contributed by atoms with E-state index in [1.807, 2.05) is 30.3 Å². The van der Waals surface area contributed by atoms with Gasteiger partial charge >= 0.3 is 5.97 Å². The van der Waals surface area contributed by atoms with Crippen LogP contribution in [-0.4, -0.2) is 36.9 Å². The van der Waals surface area contributed by atoms with Crippen molar-refractivity contribution in [3.05, 3.63) is 94.5 Å². The molecule has 0 aromatic heterocycles. The fourth-order valence-corrected chi connectivity index (χ4v) is 3.62. The first-order chi connectivity index (χ1) is 15.5. The summed E-state index contributed by atoms with van der Waals surface area (Å²) in [7, 11) is 3.03. The van der Waals surface area contributed by atoms with Gasteiger partial charge in [0.2, 0.25) is 0 Å². The summed E-state index contributed by atoms with van der Waals surface area (Å²) in [6, 6.07) is 18.9. The van der Waals surface area contributed by atoms with Gasteiger partial charge in [-0.25, -0.2) is 4.79 Å². The van der Waals surface area contributed by atoms with Crippen LogP contribution in [0.1, 0.15) is 42.2 Å². The molecule has 3 aromatic rings. The van der Waals surface area contributed by atoms with E-state index >= 15 is 0 Å². The molecular weight excluding hydrogens is 410 g/mol. The number of amides is 2. The fourth-order valence-electron chi connectivity index (χ4n) is 3.62. The van der Waals surface area contributed by atoms with E-state index in [0.29, 0.717) is 17.1 Å². The first kappa shape index (κ1) is 21.1. The van der Waals surface area contributed by atoms with Crippen LogP contribution >= 0.6 is 0 Å². The quantitative estimate of drug-likeness (QED) is 0.417. The third-order valence-corrected chi connectivity index (χ3v) is 5.23. The predicted molar refractivity (Wildman–Crippen MR) is 116 cm³/mol. The number of esters is 1. The van der Waals surface area contributed by atoms with E-state index in [9.17, 15) is 14.4 Å². The van der Waals surface area contributed by atoms with Crippen LogP contribution in [0.25, 0.3) is 0 Å². The van der Waals surface area contributed by atoms with Crippen molar-refractivity contribution in [1.29, 1.82) is 0 Å². The smallest absolute Gasteiger partial charge is 0.338 e. The SMILES string of the molecule is COc1cccc(COC(=O)c2ccc3c(c2)C(=O)N(Cc2ccccc2)C3=O)c1OC. The number of hydrogen-bond donors (Lipinski definition) is 0. The highest BCUT2D eigenvalue weighted by atomic mass is 16.5. The molecule has 1 heterocycles. The second-order valence-electron chi connectivity index (χ2n) is 7.17. The lowest BCUT2D eigenvalue weighted by Gasteiger charge is -2.13. The van der Waals surface area contributed by atoms with E-state index in [1.165, 1.54) is 37.3 Å². The van der Waals surface area contributed by atoms with E-state index in [1.54, 1.807) is 18.2 Å². The highest BCUT2D eigenvalue weighted by Gasteiger charge is 2.36. The van der Waals surface area contributed by atoms with Crippen molar-refractivity contribution < 1.29 is 28.6 Å². The van der Waals surface area contributed by atoms with Crippen LogP contribution in [0.4, 0.5) is 0 Å². The van der Waals surface area contributed by atoms with Crippen molar-refractivity contribution in [2.45, 2.75) is 13.2 Å². The summed E-state index contributed by atoms with van der Waals surface area (Å²) in [5.74, 6) is -0.414. The molecule has 7 heteroatoms. The van der Waals surface area contributed by atoms with Gasteiger partial charge in [-0.05, 0) is 29.8 Å². The molecule has 7 nitrogen and oxygen atoms in total. The molecule has 0 saturated heterocycles. The molecular formula is C25H21NO6. The number of ether oxygens (including phenoxy) is 3. The molecule has 0 spiro atoms. The number of nitrogens with zero attached hydrogens (tertiary/aromatic N) is 1. The molecule has 32 heavy (non-hydrogen) atoms. The monoisotopic (exact) mass is 431 g/mol. The molecule has 4 rings (SSSR count). The summed E-state index contributed by atoms with van der Waals surface area (Å²) >= 11 is 0. The summed E-state index contributed by atoms with van der Waals surface area (Å²) < 4.78 is 16.0. The highest BCUT2D eigenvalue weighted by Crippen LogP contribution is 2.31. The highest BCUT2D eigenvalue weighted by molar-refractivity contribution is 6.21. The van der Waals surface area contributed by atoms with Gasteiger partial charge in [0.1, 0.15) is 6.61 Å². The summed E-state index contributed by atoms with van der Waals surface area (Å²) in [5, 5.41) is 0. The maximum atomic E-state index is 12.8. The maximum absolute atomic E-state index is 12.8. The average Bonchev–Trinajstić information content (AvgIpc) is 3.07. The van der Waals surface area contributed by atoms with Crippen LogP contribution < -0.4 is 9.47 Å². The lowest BCUT2D eigenvalue weighted by molar-refractivity contribution is 0.0469. The Hall–Kier alpha value is -4.13. The molecule has 0 N–H and O–H groups in total. The van der Waals surface area contributed by atoms with Crippen LogP contribution in [-0.2, 0) is 17.9 Å². The van der Waals surface area contributed by atoms with Gasteiger partial charge in [0.05, 0.1) is 37.5 Å². The van der Waals surface area contributed by atoms with Gasteiger partial charge in [-0.3, -0.25) is 14.5 Å². The first-order valence-electron chi connectivity index (χ1n) is 9.94. The number of benzene rings is 3. The Labute approximate surface area is 185 Å². The minimum absolute atomic E-state index is 0.0384. The van der Waals surface area contributed by atoms with Gasteiger partial charge in [0.25, 0.3) is 11.8 Å². The number of carbonyl (C=O) groups excluding carboxylic acids is 3. The molecule has 1 aliphatic heterocycles. The van der Waals surface area contributed by atoms with Gasteiger partial charge in [-0.1, -0.05) is 42.5 Å². The molecule has 0 atom stereocenters. The lowest BCUT2D eigenvalue weighted by Crippen LogP contribution is -2.29. The summed E-state index contributed by atoms with van der Waals surface area (Å²) in [6.45, 7) is 0.131. The van der Waals surface area contributed by atoms with Crippen LogP contribution in [0.15, 0.2) is 66.7 Å². The van der Waals surface area contributed by atoms with Gasteiger partial charge in [0, 0.05) is 5.56 Å². The Bertz CT molecular complexity index is 1190. The van der Waals surface area contributed by atoms with Gasteiger partial charge < -0.3 is 14.2 Å². The predicted octanol–water partition coefficient (Wildman–Crippen LogP) is 3.86. The Morgan fingerprint density at radius 1 is 0.844 bits per heavy atom. The molecule has 0 bridgehead atoms. The average molecular weight is 431 g/mol. The van der Waals surface area contributed by atoms with Gasteiger partial charge in [0.15, 0.2) is 11.5 Å². The normalized spacial score (nSPS) is 12.5. The molecule has 0 unspecified atom stereocenters. The third-order valence-electron chi connectivity index (χ3n) is 5.23. The van der Waals surface area contributed by atoms with Gasteiger partial charge in [-0.15, -0.1) is 0 Å². The molecule has 162 valence electrons. The van der Waals surface area contributed by atoms with Crippen LogP contribution in [0.2, 0.25) is 0 Å². The number of methoxy groups -OCH3 is 2. The number of rotatable bonds is 7. The largest absolute Gasteiger partial charge is 0.493 e. The summed E-state index contributed by atoms with van der Waals surface area (Å²) in [4.78, 5) is 39.3. The molecule has 2 amide bonds. The Kier molecular flexibility index (Phi) is 5.89. The third kappa shape index (κ3) is 3.92. The van der Waals surface area contributed by atoms with Crippen molar-refractivity contribution in [1.82, 2.24) is 4.90 Å². The summed E-state index contributed by atoms with van der Waals surface area (Å²) in [5.41, 5.74) is 2.14. The maximum Gasteiger partial charge on any atom is 0.338 e. The molecule has 0 fully saturated rings. The van der Waals surface area contributed by atoms with Crippen molar-refractivity contribution in [2.24, 2.45) is 0 Å². The second kappa shape index (κ2) is 8.93. The fraction of sp³-hybridized carbons (Fsp3) is 0.160. The second-order valence-corrected chi connectivity index (χ2v) is 7.17. The number of hydrogen-bond acceptors (Lipinski definition) is 6. The van der Waals surface area contributed by atoms with Crippen molar-refractivity contribution in [3.8, 4) is 11.5 Å².